The Balaban J connectivity index is 2.60. The van der Waals surface area contributed by atoms with Gasteiger partial charge in [-0.1, -0.05) is 6.07 Å². The van der Waals surface area contributed by atoms with E-state index in [1.807, 2.05) is 0 Å². The summed E-state index contributed by atoms with van der Waals surface area (Å²) in [5.74, 6) is -3.82. The first-order valence-corrected chi connectivity index (χ1v) is 5.89. The lowest BCUT2D eigenvalue weighted by Gasteiger charge is -2.14. The summed E-state index contributed by atoms with van der Waals surface area (Å²) in [4.78, 5) is 22.6. The molecule has 0 saturated heterocycles. The van der Waals surface area contributed by atoms with Crippen molar-refractivity contribution < 1.29 is 28.2 Å². The van der Waals surface area contributed by atoms with Gasteiger partial charge in [0.25, 0.3) is 0 Å². The summed E-state index contributed by atoms with van der Waals surface area (Å²) < 4.78 is 30.4. The normalized spacial score (nSPS) is 11.9. The molecule has 110 valence electrons. The molecule has 0 aromatic heterocycles. The minimum Gasteiger partial charge on any atom is -0.480 e. The molecule has 1 unspecified atom stereocenters. The van der Waals surface area contributed by atoms with Crippen molar-refractivity contribution in [2.75, 3.05) is 13.7 Å². The van der Waals surface area contributed by atoms with Gasteiger partial charge in [-0.3, -0.25) is 4.79 Å². The van der Waals surface area contributed by atoms with Gasteiger partial charge in [0.1, 0.15) is 6.04 Å². The minimum absolute atomic E-state index is 0.120. The number of hydrogen-bond acceptors (Lipinski definition) is 3. The van der Waals surface area contributed by atoms with E-state index < -0.39 is 29.6 Å². The quantitative estimate of drug-likeness (QED) is 0.788. The van der Waals surface area contributed by atoms with Crippen molar-refractivity contribution in [2.24, 2.45) is 0 Å². The Hall–Kier alpha value is -2.02. The summed E-state index contributed by atoms with van der Waals surface area (Å²) in [5, 5.41) is 11.2. The predicted octanol–water partition coefficient (Wildman–Crippen LogP) is 1.11. The molecule has 0 aliphatic carbocycles. The van der Waals surface area contributed by atoms with E-state index in [9.17, 15) is 18.4 Å². The lowest BCUT2D eigenvalue weighted by atomic mass is 10.1. The van der Waals surface area contributed by atoms with Crippen LogP contribution in [0.25, 0.3) is 0 Å². The Kier molecular flexibility index (Phi) is 6.05. The molecule has 0 fully saturated rings. The lowest BCUT2D eigenvalue weighted by Crippen LogP contribution is -2.42. The number of carbonyl (C=O) groups is 2. The molecule has 0 radical (unpaired) electrons. The van der Waals surface area contributed by atoms with Gasteiger partial charge in [-0.2, -0.15) is 0 Å². The highest BCUT2D eigenvalue weighted by Gasteiger charge is 2.19. The number of rotatable bonds is 7. The van der Waals surface area contributed by atoms with E-state index in [4.69, 9.17) is 9.84 Å². The fourth-order valence-corrected chi connectivity index (χ4v) is 1.57. The van der Waals surface area contributed by atoms with Gasteiger partial charge in [0.15, 0.2) is 11.6 Å². The number of nitrogens with one attached hydrogen (secondary N) is 1. The third kappa shape index (κ3) is 4.93. The molecule has 7 heteroatoms. The lowest BCUT2D eigenvalue weighted by molar-refractivity contribution is -0.142. The predicted molar refractivity (Wildman–Crippen MR) is 66.1 cm³/mol. The van der Waals surface area contributed by atoms with Crippen LogP contribution >= 0.6 is 0 Å². The summed E-state index contributed by atoms with van der Waals surface area (Å²) in [7, 11) is 1.42. The number of amides is 1. The van der Waals surface area contributed by atoms with Gasteiger partial charge in [0.05, 0.1) is 6.42 Å². The first kappa shape index (κ1) is 16.0. The molecule has 20 heavy (non-hydrogen) atoms. The Morgan fingerprint density at radius 2 is 2.05 bits per heavy atom. The summed E-state index contributed by atoms with van der Waals surface area (Å²) >= 11 is 0. The maximum atomic E-state index is 13.0. The van der Waals surface area contributed by atoms with Crippen molar-refractivity contribution in [1.29, 1.82) is 0 Å². The second-order valence-electron chi connectivity index (χ2n) is 4.17. The molecule has 1 aromatic rings. The number of methoxy groups -OCH3 is 1. The van der Waals surface area contributed by atoms with Gasteiger partial charge in [-0.15, -0.1) is 0 Å². The number of halogens is 2. The van der Waals surface area contributed by atoms with Crippen LogP contribution < -0.4 is 5.32 Å². The second-order valence-corrected chi connectivity index (χ2v) is 4.17. The smallest absolute Gasteiger partial charge is 0.326 e. The van der Waals surface area contributed by atoms with E-state index >= 15 is 0 Å². The molecule has 1 atom stereocenters. The molecule has 1 rings (SSSR count). The summed E-state index contributed by atoms with van der Waals surface area (Å²) in [6.45, 7) is 0.183. The maximum absolute atomic E-state index is 13.0. The summed E-state index contributed by atoms with van der Waals surface area (Å²) in [6.07, 6.45) is -0.108. The minimum atomic E-state index is -1.18. The molecule has 0 aliphatic heterocycles. The van der Waals surface area contributed by atoms with E-state index in [0.29, 0.717) is 0 Å². The fourth-order valence-electron chi connectivity index (χ4n) is 1.57. The van der Waals surface area contributed by atoms with E-state index in [1.54, 1.807) is 0 Å². The number of aliphatic carboxylic acids is 1. The van der Waals surface area contributed by atoms with Crippen LogP contribution in [-0.2, 0) is 20.7 Å². The van der Waals surface area contributed by atoms with Crippen molar-refractivity contribution in [2.45, 2.75) is 18.9 Å². The van der Waals surface area contributed by atoms with Crippen LogP contribution in [0.3, 0.4) is 0 Å². The van der Waals surface area contributed by atoms with Crippen LogP contribution in [0.4, 0.5) is 8.78 Å². The molecule has 2 N–H and O–H groups in total. The maximum Gasteiger partial charge on any atom is 0.326 e. The zero-order valence-corrected chi connectivity index (χ0v) is 10.9. The van der Waals surface area contributed by atoms with Gasteiger partial charge in [0, 0.05) is 20.1 Å². The van der Waals surface area contributed by atoms with Gasteiger partial charge in [0.2, 0.25) is 5.91 Å². The number of carboxylic acids is 1. The van der Waals surface area contributed by atoms with Gasteiger partial charge < -0.3 is 15.2 Å². The monoisotopic (exact) mass is 287 g/mol. The van der Waals surface area contributed by atoms with Crippen molar-refractivity contribution in [3.05, 3.63) is 35.4 Å². The van der Waals surface area contributed by atoms with Gasteiger partial charge in [-0.05, 0) is 17.7 Å². The highest BCUT2D eigenvalue weighted by atomic mass is 19.2. The van der Waals surface area contributed by atoms with E-state index in [2.05, 4.69) is 5.32 Å². The first-order valence-electron chi connectivity index (χ1n) is 5.89. The van der Waals surface area contributed by atoms with Crippen LogP contribution in [0.15, 0.2) is 18.2 Å². The molecule has 1 aromatic carbocycles. The topological polar surface area (TPSA) is 75.6 Å². The largest absolute Gasteiger partial charge is 0.480 e. The number of hydrogen-bond donors (Lipinski definition) is 2. The molecule has 5 nitrogen and oxygen atoms in total. The van der Waals surface area contributed by atoms with Crippen molar-refractivity contribution in [3.63, 3.8) is 0 Å². The number of carboxylic acid groups (broad SMARTS) is 1. The Morgan fingerprint density at radius 1 is 1.35 bits per heavy atom. The Labute approximate surface area is 114 Å². The first-order chi connectivity index (χ1) is 9.43. The highest BCUT2D eigenvalue weighted by molar-refractivity contribution is 5.84. The molecule has 0 heterocycles. The van der Waals surface area contributed by atoms with Crippen LogP contribution in [-0.4, -0.2) is 36.7 Å². The van der Waals surface area contributed by atoms with Crippen LogP contribution in [0.5, 0.6) is 0 Å². The average molecular weight is 287 g/mol. The third-order valence-electron chi connectivity index (χ3n) is 2.59. The van der Waals surface area contributed by atoms with Crippen LogP contribution in [0.2, 0.25) is 0 Å². The Bertz CT molecular complexity index is 493. The molecule has 0 bridgehead atoms. The summed E-state index contributed by atoms with van der Waals surface area (Å²) in [5.41, 5.74) is 0.261. The zero-order valence-electron chi connectivity index (χ0n) is 10.9. The molecule has 0 aliphatic rings. The summed E-state index contributed by atoms with van der Waals surface area (Å²) in [6, 6.07) is 2.01. The van der Waals surface area contributed by atoms with Crippen LogP contribution in [0, 0.1) is 11.6 Å². The van der Waals surface area contributed by atoms with Gasteiger partial charge >= 0.3 is 5.97 Å². The molecule has 0 saturated carbocycles. The van der Waals surface area contributed by atoms with Crippen LogP contribution in [0.1, 0.15) is 12.0 Å². The van der Waals surface area contributed by atoms with Gasteiger partial charge in [-0.25, -0.2) is 13.6 Å². The molecule has 0 spiro atoms. The van der Waals surface area contributed by atoms with E-state index in [0.717, 1.165) is 12.1 Å². The molecule has 1 amide bonds. The molecular weight excluding hydrogens is 272 g/mol. The SMILES string of the molecule is COCCC(NC(=O)Cc1ccc(F)c(F)c1)C(=O)O. The second kappa shape index (κ2) is 7.54. The van der Waals surface area contributed by atoms with E-state index in [1.165, 1.54) is 13.2 Å². The average Bonchev–Trinajstić information content (AvgIpc) is 2.38. The third-order valence-corrected chi connectivity index (χ3v) is 2.59. The fraction of sp³-hybridized carbons (Fsp3) is 0.385. The Morgan fingerprint density at radius 3 is 2.60 bits per heavy atom. The number of benzene rings is 1. The van der Waals surface area contributed by atoms with Crippen molar-refractivity contribution in [1.82, 2.24) is 5.32 Å². The molecular formula is C13H15F2NO4. The standard InChI is InChI=1S/C13H15F2NO4/c1-20-5-4-11(13(18)19)16-12(17)7-8-2-3-9(14)10(15)6-8/h2-3,6,11H,4-5,7H2,1H3,(H,16,17)(H,18,19). The highest BCUT2D eigenvalue weighted by Crippen LogP contribution is 2.09. The van der Waals surface area contributed by atoms with Crippen molar-refractivity contribution in [3.8, 4) is 0 Å². The number of ether oxygens (including phenoxy) is 1. The van der Waals surface area contributed by atoms with Crippen molar-refractivity contribution >= 4 is 11.9 Å². The number of carbonyl (C=O) groups excluding carboxylic acids is 1. The zero-order chi connectivity index (χ0) is 15.1. The van der Waals surface area contributed by atoms with E-state index in [-0.39, 0.29) is 25.0 Å².